The Morgan fingerprint density at radius 2 is 1.84 bits per heavy atom. The third kappa shape index (κ3) is 5.11. The number of sulfonamides is 1. The molecule has 1 N–H and O–H groups in total. The molecule has 2 aromatic carbocycles. The van der Waals surface area contributed by atoms with Crippen LogP contribution in [0.25, 0.3) is 0 Å². The summed E-state index contributed by atoms with van der Waals surface area (Å²) in [6.07, 6.45) is 1.25. The van der Waals surface area contributed by atoms with Gasteiger partial charge in [-0.3, -0.25) is 4.79 Å². The smallest absolute Gasteiger partial charge is 0.246 e. The van der Waals surface area contributed by atoms with Crippen molar-refractivity contribution in [2.24, 2.45) is 5.92 Å². The summed E-state index contributed by atoms with van der Waals surface area (Å²) in [7, 11) is -2.43. The van der Waals surface area contributed by atoms with Crippen LogP contribution in [0.5, 0.6) is 5.75 Å². The third-order valence-electron chi connectivity index (χ3n) is 6.21. The highest BCUT2D eigenvalue weighted by Gasteiger charge is 2.35. The zero-order valence-electron chi connectivity index (χ0n) is 19.2. The second kappa shape index (κ2) is 9.81. The summed E-state index contributed by atoms with van der Waals surface area (Å²) >= 11 is 6.04. The molecular weight excluding hydrogens is 448 g/mol. The Morgan fingerprint density at radius 3 is 2.53 bits per heavy atom. The first-order valence-corrected chi connectivity index (χ1v) is 12.6. The molecule has 0 aromatic heterocycles. The molecule has 2 aromatic rings. The van der Waals surface area contributed by atoms with Crippen molar-refractivity contribution < 1.29 is 17.9 Å². The third-order valence-corrected chi connectivity index (χ3v) is 8.33. The molecule has 3 rings (SSSR count). The van der Waals surface area contributed by atoms with Crippen molar-refractivity contribution in [3.05, 3.63) is 57.6 Å². The monoisotopic (exact) mass is 478 g/mol. The van der Waals surface area contributed by atoms with Gasteiger partial charge in [-0.2, -0.15) is 4.31 Å². The van der Waals surface area contributed by atoms with Crippen LogP contribution in [0.3, 0.4) is 0 Å². The molecule has 0 aliphatic carbocycles. The van der Waals surface area contributed by atoms with Crippen LogP contribution >= 0.6 is 11.6 Å². The van der Waals surface area contributed by atoms with Crippen molar-refractivity contribution in [3.63, 3.8) is 0 Å². The maximum atomic E-state index is 13.3. The number of aryl methyl sites for hydroxylation is 3. The number of methoxy groups -OCH3 is 1. The second-order valence-corrected chi connectivity index (χ2v) is 10.9. The van der Waals surface area contributed by atoms with Crippen LogP contribution in [0.4, 0.5) is 0 Å². The standard InChI is InChI=1S/C24H31ClN2O4S/c1-15-11-17(3)21(12-16(15)2)18(4)26-24(28)19-7-6-10-27(14-19)32(29,30)23-13-20(25)8-9-22(23)31-5/h8-9,11-13,18-19H,6-7,10,14H2,1-5H3,(H,26,28). The van der Waals surface area contributed by atoms with E-state index in [9.17, 15) is 13.2 Å². The quantitative estimate of drug-likeness (QED) is 0.660. The Hall–Kier alpha value is -2.09. The van der Waals surface area contributed by atoms with E-state index in [1.807, 2.05) is 13.8 Å². The van der Waals surface area contributed by atoms with Gasteiger partial charge in [0.05, 0.1) is 19.1 Å². The number of ether oxygens (including phenoxy) is 1. The average molecular weight is 479 g/mol. The Kier molecular flexibility index (Phi) is 7.53. The molecule has 0 bridgehead atoms. The molecule has 2 unspecified atom stereocenters. The van der Waals surface area contributed by atoms with Crippen molar-refractivity contribution in [3.8, 4) is 5.75 Å². The van der Waals surface area contributed by atoms with E-state index >= 15 is 0 Å². The molecule has 1 fully saturated rings. The van der Waals surface area contributed by atoms with E-state index in [0.29, 0.717) is 24.4 Å². The summed E-state index contributed by atoms with van der Waals surface area (Å²) in [6.45, 7) is 8.61. The number of carbonyl (C=O) groups excluding carboxylic acids is 1. The Morgan fingerprint density at radius 1 is 1.16 bits per heavy atom. The Balaban J connectivity index is 1.76. The predicted molar refractivity (Wildman–Crippen MR) is 127 cm³/mol. The fourth-order valence-corrected chi connectivity index (χ4v) is 6.17. The number of hydrogen-bond donors (Lipinski definition) is 1. The van der Waals surface area contributed by atoms with Gasteiger partial charge in [0.2, 0.25) is 15.9 Å². The highest BCUT2D eigenvalue weighted by atomic mass is 35.5. The van der Waals surface area contributed by atoms with Gasteiger partial charge in [0.15, 0.2) is 0 Å². The van der Waals surface area contributed by atoms with E-state index < -0.39 is 15.9 Å². The van der Waals surface area contributed by atoms with Gasteiger partial charge in [-0.05, 0) is 81.0 Å². The number of piperidine rings is 1. The fourth-order valence-electron chi connectivity index (χ4n) is 4.22. The minimum atomic E-state index is -3.85. The first-order chi connectivity index (χ1) is 15.0. The minimum absolute atomic E-state index is 0.0210. The Bertz CT molecular complexity index is 1120. The lowest BCUT2D eigenvalue weighted by atomic mass is 9.95. The topological polar surface area (TPSA) is 75.7 Å². The molecular formula is C24H31ClN2O4S. The first kappa shape index (κ1) is 24.6. The number of rotatable bonds is 6. The molecule has 8 heteroatoms. The van der Waals surface area contributed by atoms with Crippen molar-refractivity contribution in [2.45, 2.75) is 51.5 Å². The molecule has 0 radical (unpaired) electrons. The number of hydrogen-bond acceptors (Lipinski definition) is 4. The van der Waals surface area contributed by atoms with E-state index in [1.54, 1.807) is 6.07 Å². The van der Waals surface area contributed by atoms with Crippen LogP contribution in [-0.2, 0) is 14.8 Å². The van der Waals surface area contributed by atoms with Crippen molar-refractivity contribution in [2.75, 3.05) is 20.2 Å². The van der Waals surface area contributed by atoms with Crippen molar-refractivity contribution in [1.29, 1.82) is 0 Å². The van der Waals surface area contributed by atoms with Gasteiger partial charge in [-0.15, -0.1) is 0 Å². The number of amides is 1. The van der Waals surface area contributed by atoms with Gasteiger partial charge in [-0.1, -0.05) is 23.7 Å². The number of nitrogens with one attached hydrogen (secondary N) is 1. The number of nitrogens with zero attached hydrogens (tertiary/aromatic N) is 1. The molecule has 1 heterocycles. The zero-order valence-corrected chi connectivity index (χ0v) is 20.8. The molecule has 6 nitrogen and oxygen atoms in total. The van der Waals surface area contributed by atoms with E-state index in [-0.39, 0.29) is 29.1 Å². The zero-order chi connectivity index (χ0) is 23.6. The summed E-state index contributed by atoms with van der Waals surface area (Å²) < 4.78 is 33.2. The normalized spacial score (nSPS) is 18.2. The van der Waals surface area contributed by atoms with E-state index in [0.717, 1.165) is 11.1 Å². The van der Waals surface area contributed by atoms with E-state index in [4.69, 9.17) is 16.3 Å². The molecule has 174 valence electrons. The van der Waals surface area contributed by atoms with Crippen LogP contribution in [0, 0.1) is 26.7 Å². The highest BCUT2D eigenvalue weighted by Crippen LogP contribution is 2.32. The minimum Gasteiger partial charge on any atom is -0.495 e. The molecule has 32 heavy (non-hydrogen) atoms. The Labute approximate surface area is 196 Å². The van der Waals surface area contributed by atoms with E-state index in [2.05, 4.69) is 31.3 Å². The molecule has 1 aliphatic heterocycles. The van der Waals surface area contributed by atoms with Gasteiger partial charge in [0, 0.05) is 18.1 Å². The van der Waals surface area contributed by atoms with Gasteiger partial charge in [-0.25, -0.2) is 8.42 Å². The molecule has 1 saturated heterocycles. The lowest BCUT2D eigenvalue weighted by Crippen LogP contribution is -2.45. The van der Waals surface area contributed by atoms with Gasteiger partial charge < -0.3 is 10.1 Å². The van der Waals surface area contributed by atoms with Crippen molar-refractivity contribution in [1.82, 2.24) is 9.62 Å². The lowest BCUT2D eigenvalue weighted by molar-refractivity contribution is -0.126. The van der Waals surface area contributed by atoms with Crippen LogP contribution in [0.2, 0.25) is 5.02 Å². The molecule has 1 amide bonds. The first-order valence-electron chi connectivity index (χ1n) is 10.8. The number of benzene rings is 2. The van der Waals surface area contributed by atoms with Crippen LogP contribution in [-0.4, -0.2) is 38.8 Å². The van der Waals surface area contributed by atoms with Gasteiger partial charge in [0.1, 0.15) is 10.6 Å². The summed E-state index contributed by atoms with van der Waals surface area (Å²) in [5.74, 6) is -0.314. The summed E-state index contributed by atoms with van der Waals surface area (Å²) in [5.41, 5.74) is 4.60. The fraction of sp³-hybridized carbons (Fsp3) is 0.458. The summed E-state index contributed by atoms with van der Waals surface area (Å²) in [4.78, 5) is 13.1. The van der Waals surface area contributed by atoms with Crippen LogP contribution < -0.4 is 10.1 Å². The summed E-state index contributed by atoms with van der Waals surface area (Å²) in [5, 5.41) is 3.40. The predicted octanol–water partition coefficient (Wildman–Crippen LogP) is 4.55. The molecule has 0 saturated carbocycles. The molecule has 0 spiro atoms. The maximum Gasteiger partial charge on any atom is 0.246 e. The van der Waals surface area contributed by atoms with Gasteiger partial charge in [0.25, 0.3) is 0 Å². The van der Waals surface area contributed by atoms with E-state index in [1.165, 1.54) is 34.7 Å². The largest absolute Gasteiger partial charge is 0.495 e. The summed E-state index contributed by atoms with van der Waals surface area (Å²) in [6, 6.07) is 8.59. The lowest BCUT2D eigenvalue weighted by Gasteiger charge is -2.32. The van der Waals surface area contributed by atoms with Crippen molar-refractivity contribution >= 4 is 27.5 Å². The second-order valence-electron chi connectivity index (χ2n) is 8.52. The van der Waals surface area contributed by atoms with Crippen LogP contribution in [0.1, 0.15) is 48.1 Å². The molecule has 2 atom stereocenters. The van der Waals surface area contributed by atoms with Crippen LogP contribution in [0.15, 0.2) is 35.2 Å². The maximum absolute atomic E-state index is 13.3. The average Bonchev–Trinajstić information content (AvgIpc) is 2.76. The van der Waals surface area contributed by atoms with Gasteiger partial charge >= 0.3 is 0 Å². The SMILES string of the molecule is COc1ccc(Cl)cc1S(=O)(=O)N1CCCC(C(=O)NC(C)c2cc(C)c(C)cc2C)C1. The highest BCUT2D eigenvalue weighted by molar-refractivity contribution is 7.89. The molecule has 1 aliphatic rings. The number of halogens is 1. The number of carbonyl (C=O) groups is 1.